The summed E-state index contributed by atoms with van der Waals surface area (Å²) in [6.07, 6.45) is 0. The van der Waals surface area contributed by atoms with Gasteiger partial charge in [0.25, 0.3) is 0 Å². The summed E-state index contributed by atoms with van der Waals surface area (Å²) in [4.78, 5) is 33.2. The maximum Gasteiger partial charge on any atom is 0.238 e. The molecule has 8 nitrogen and oxygen atoms in total. The van der Waals surface area contributed by atoms with Gasteiger partial charge < -0.3 is 0 Å². The van der Waals surface area contributed by atoms with E-state index in [9.17, 15) is 0 Å². The number of aromatic nitrogens is 7. The van der Waals surface area contributed by atoms with Gasteiger partial charge in [-0.2, -0.15) is 19.9 Å². The number of para-hydroxylation sites is 1. The van der Waals surface area contributed by atoms with Crippen LogP contribution in [0.15, 0.2) is 194 Å². The molecule has 3 aromatic heterocycles. The lowest BCUT2D eigenvalue weighted by molar-refractivity contribution is 0.953. The molecule has 0 bridgehead atoms. The van der Waals surface area contributed by atoms with Crippen LogP contribution in [-0.4, -0.2) is 34.5 Å². The molecule has 0 saturated heterocycles. The van der Waals surface area contributed by atoms with Crippen LogP contribution in [0.25, 0.3) is 95.2 Å². The minimum absolute atomic E-state index is 0.519. The Kier molecular flexibility index (Phi) is 7.67. The van der Waals surface area contributed by atoms with Gasteiger partial charge in [-0.05, 0) is 35.2 Å². The smallest absolute Gasteiger partial charge is 0.238 e. The van der Waals surface area contributed by atoms with Gasteiger partial charge in [-0.25, -0.2) is 9.97 Å². The molecule has 1 aliphatic rings. The van der Waals surface area contributed by atoms with Crippen LogP contribution in [0.3, 0.4) is 0 Å². The summed E-state index contributed by atoms with van der Waals surface area (Å²) in [5.41, 5.74) is 9.69. The molecule has 0 aliphatic carbocycles. The van der Waals surface area contributed by atoms with Crippen molar-refractivity contribution < 1.29 is 0 Å². The Hall–Kier alpha value is -8.36. The predicted molar refractivity (Wildman–Crippen MR) is 240 cm³/mol. The molecular weight excluding hydrogens is 737 g/mol. The molecule has 0 fully saturated rings. The molecular formula is C52H32N8. The summed E-state index contributed by atoms with van der Waals surface area (Å²) < 4.78 is 2.17. The maximum absolute atomic E-state index is 5.27. The van der Waals surface area contributed by atoms with Crippen LogP contribution in [0.2, 0.25) is 0 Å². The third kappa shape index (κ3) is 5.46. The van der Waals surface area contributed by atoms with Gasteiger partial charge in [-0.1, -0.05) is 170 Å². The monoisotopic (exact) mass is 768 g/mol. The second-order valence-electron chi connectivity index (χ2n) is 14.8. The van der Waals surface area contributed by atoms with Crippen molar-refractivity contribution in [3.05, 3.63) is 194 Å². The summed E-state index contributed by atoms with van der Waals surface area (Å²) in [5.74, 6) is 3.42. The number of anilines is 3. The van der Waals surface area contributed by atoms with E-state index < -0.39 is 0 Å². The van der Waals surface area contributed by atoms with E-state index in [4.69, 9.17) is 29.9 Å². The van der Waals surface area contributed by atoms with E-state index in [-0.39, 0.29) is 0 Å². The van der Waals surface area contributed by atoms with Crippen molar-refractivity contribution in [3.63, 3.8) is 0 Å². The Morgan fingerprint density at radius 3 is 1.35 bits per heavy atom. The van der Waals surface area contributed by atoms with E-state index in [1.54, 1.807) is 0 Å². The number of hydrogen-bond donors (Lipinski definition) is 0. The first-order valence-electron chi connectivity index (χ1n) is 19.9. The van der Waals surface area contributed by atoms with Crippen LogP contribution < -0.4 is 4.90 Å². The van der Waals surface area contributed by atoms with Gasteiger partial charge in [0.2, 0.25) is 11.9 Å². The fraction of sp³-hybridized carbons (Fsp3) is 0. The Bertz CT molecular complexity index is 3300. The van der Waals surface area contributed by atoms with Gasteiger partial charge >= 0.3 is 0 Å². The minimum atomic E-state index is 0.519. The van der Waals surface area contributed by atoms with Crippen molar-refractivity contribution in [3.8, 4) is 62.6 Å². The van der Waals surface area contributed by atoms with Crippen LogP contribution in [0.4, 0.5) is 17.3 Å². The standard InChI is InChI=1S/C52H32N8/c1-5-17-34(18-6-1)47-53-48(35-19-7-2-8-20-35)56-51(55-47)59-42-29-14-13-27-38(42)40-31-41-39-28-15-25-33-26-16-30-43(46(33)39)60(45(41)32-44(40)59)52-57-49(36-21-9-3-10-22-36)54-50(58-52)37-23-11-4-12-24-37/h1-32H. The molecule has 1 aliphatic heterocycles. The van der Waals surface area contributed by atoms with Crippen LogP contribution in [0.5, 0.6) is 0 Å². The molecule has 0 saturated carbocycles. The van der Waals surface area contributed by atoms with Gasteiger partial charge in [0, 0.05) is 44.0 Å². The second-order valence-corrected chi connectivity index (χ2v) is 14.8. The minimum Gasteiger partial charge on any atom is -0.278 e. The molecule has 0 spiro atoms. The van der Waals surface area contributed by atoms with Crippen molar-refractivity contribution in [2.45, 2.75) is 0 Å². The van der Waals surface area contributed by atoms with Gasteiger partial charge in [0.05, 0.1) is 22.4 Å². The number of benzene rings is 8. The first kappa shape index (κ1) is 33.7. The Balaban J connectivity index is 1.17. The Morgan fingerprint density at radius 2 is 0.800 bits per heavy atom. The zero-order valence-corrected chi connectivity index (χ0v) is 32.1. The average Bonchev–Trinajstić information content (AvgIpc) is 3.65. The highest BCUT2D eigenvalue weighted by atomic mass is 15.3. The molecule has 0 radical (unpaired) electrons. The van der Waals surface area contributed by atoms with E-state index in [1.165, 1.54) is 0 Å². The summed E-state index contributed by atoms with van der Waals surface area (Å²) in [6, 6.07) is 66.4. The predicted octanol–water partition coefficient (Wildman–Crippen LogP) is 12.4. The lowest BCUT2D eigenvalue weighted by Crippen LogP contribution is -2.19. The van der Waals surface area contributed by atoms with Gasteiger partial charge in [-0.15, -0.1) is 0 Å². The lowest BCUT2D eigenvalue weighted by Gasteiger charge is -2.32. The van der Waals surface area contributed by atoms with Crippen molar-refractivity contribution in [1.82, 2.24) is 34.5 Å². The van der Waals surface area contributed by atoms with Crippen LogP contribution in [0.1, 0.15) is 0 Å². The average molecular weight is 769 g/mol. The molecule has 0 unspecified atom stereocenters. The van der Waals surface area contributed by atoms with E-state index in [0.29, 0.717) is 35.2 Å². The van der Waals surface area contributed by atoms with E-state index in [1.807, 2.05) is 121 Å². The lowest BCUT2D eigenvalue weighted by atomic mass is 9.90. The molecule has 280 valence electrons. The van der Waals surface area contributed by atoms with E-state index >= 15 is 0 Å². The molecule has 0 atom stereocenters. The zero-order valence-electron chi connectivity index (χ0n) is 32.1. The molecule has 0 amide bonds. The van der Waals surface area contributed by atoms with Crippen molar-refractivity contribution >= 4 is 49.9 Å². The Morgan fingerprint density at radius 1 is 0.317 bits per heavy atom. The molecule has 8 heteroatoms. The van der Waals surface area contributed by atoms with Gasteiger partial charge in [-0.3, -0.25) is 9.47 Å². The third-order valence-corrected chi connectivity index (χ3v) is 11.2. The van der Waals surface area contributed by atoms with Crippen LogP contribution in [-0.2, 0) is 0 Å². The quantitative estimate of drug-likeness (QED) is 0.166. The second kappa shape index (κ2) is 13.6. The summed E-state index contributed by atoms with van der Waals surface area (Å²) in [7, 11) is 0. The molecule has 4 heterocycles. The van der Waals surface area contributed by atoms with Gasteiger partial charge in [0.1, 0.15) is 0 Å². The zero-order chi connectivity index (χ0) is 39.6. The number of fused-ring (bicyclic) bond motifs is 5. The highest BCUT2D eigenvalue weighted by Crippen LogP contribution is 2.52. The molecule has 12 rings (SSSR count). The summed E-state index contributed by atoms with van der Waals surface area (Å²) in [6.45, 7) is 0. The SMILES string of the molecule is c1ccc(-c2nc(-c3ccccc3)nc(N3c4cc5c(cc4-c4cccc6cccc3c46)c3ccccc3n5-c3nc(-c4ccccc4)nc(-c4ccccc4)n3)n2)cc1. The van der Waals surface area contributed by atoms with Gasteiger partial charge in [0.15, 0.2) is 23.3 Å². The Labute approximate surface area is 344 Å². The first-order valence-corrected chi connectivity index (χ1v) is 19.9. The number of rotatable bonds is 6. The van der Waals surface area contributed by atoms with Crippen molar-refractivity contribution in [2.75, 3.05) is 4.90 Å². The summed E-state index contributed by atoms with van der Waals surface area (Å²) in [5, 5.41) is 4.44. The largest absolute Gasteiger partial charge is 0.278 e. The molecule has 8 aromatic carbocycles. The summed E-state index contributed by atoms with van der Waals surface area (Å²) >= 11 is 0. The molecule has 60 heavy (non-hydrogen) atoms. The highest BCUT2D eigenvalue weighted by molar-refractivity contribution is 6.18. The molecule has 0 N–H and O–H groups in total. The normalized spacial score (nSPS) is 12.0. The maximum atomic E-state index is 5.27. The van der Waals surface area contributed by atoms with Crippen molar-refractivity contribution in [2.24, 2.45) is 0 Å². The first-order chi connectivity index (χ1) is 29.7. The fourth-order valence-corrected chi connectivity index (χ4v) is 8.49. The van der Waals surface area contributed by atoms with E-state index in [0.717, 1.165) is 77.3 Å². The highest BCUT2D eigenvalue weighted by Gasteiger charge is 2.31. The van der Waals surface area contributed by atoms with E-state index in [2.05, 4.69) is 82.3 Å². The number of nitrogens with zero attached hydrogens (tertiary/aromatic N) is 8. The molecule has 11 aromatic rings. The van der Waals surface area contributed by atoms with Crippen LogP contribution >= 0.6 is 0 Å². The topological polar surface area (TPSA) is 85.5 Å². The van der Waals surface area contributed by atoms with Crippen molar-refractivity contribution in [1.29, 1.82) is 0 Å². The number of hydrogen-bond acceptors (Lipinski definition) is 7. The third-order valence-electron chi connectivity index (χ3n) is 11.2. The fourth-order valence-electron chi connectivity index (χ4n) is 8.49. The van der Waals surface area contributed by atoms with Crippen LogP contribution in [0, 0.1) is 0 Å².